The number of fused-ring (bicyclic) bond motifs is 1. The molecule has 2 N–H and O–H groups in total. The summed E-state index contributed by atoms with van der Waals surface area (Å²) in [6, 6.07) is 8.89. The number of carbonyl (C=O) groups is 1. The summed E-state index contributed by atoms with van der Waals surface area (Å²) in [4.78, 5) is 14.3. The molecule has 3 heterocycles. The van der Waals surface area contributed by atoms with E-state index < -0.39 is 0 Å². The molecule has 5 rings (SSSR count). The summed E-state index contributed by atoms with van der Waals surface area (Å²) in [6.07, 6.45) is 5.57. The number of hydrogen-bond acceptors (Lipinski definition) is 8. The Labute approximate surface area is 184 Å². The van der Waals surface area contributed by atoms with Crippen LogP contribution in [-0.4, -0.2) is 62.2 Å². The predicted molar refractivity (Wildman–Crippen MR) is 116 cm³/mol. The number of nitrogens with one attached hydrogen (secondary N) is 2. The smallest absolute Gasteiger partial charge is 0.248 e. The molecule has 0 atom stereocenters. The number of carbonyl (C=O) groups excluding carboxylic acids is 1. The third-order valence-corrected chi connectivity index (χ3v) is 6.82. The second-order valence-corrected chi connectivity index (χ2v) is 9.12. The fourth-order valence-corrected chi connectivity index (χ4v) is 5.11. The van der Waals surface area contributed by atoms with Gasteiger partial charge in [0.1, 0.15) is 18.2 Å². The highest BCUT2D eigenvalue weighted by atomic mass is 32.1. The van der Waals surface area contributed by atoms with Crippen molar-refractivity contribution in [2.45, 2.75) is 44.2 Å². The third kappa shape index (κ3) is 4.75. The van der Waals surface area contributed by atoms with E-state index in [-0.39, 0.29) is 12.5 Å². The fraction of sp³-hybridized carbons (Fsp3) is 0.476. The van der Waals surface area contributed by atoms with Crippen molar-refractivity contribution >= 4 is 22.4 Å². The summed E-state index contributed by atoms with van der Waals surface area (Å²) in [7, 11) is 0. The Kier molecular flexibility index (Phi) is 5.90. The molecule has 3 aromatic rings. The molecule has 31 heavy (non-hydrogen) atoms. The van der Waals surface area contributed by atoms with Crippen molar-refractivity contribution in [3.8, 4) is 0 Å². The number of nitrogens with zero attached hydrogens (tertiary/aromatic N) is 5. The number of aromatic amines is 1. The first-order valence-electron chi connectivity index (χ1n) is 10.6. The number of aromatic nitrogens is 5. The molecule has 0 radical (unpaired) electrons. The first-order chi connectivity index (χ1) is 15.2. The van der Waals surface area contributed by atoms with E-state index in [9.17, 15) is 4.79 Å². The van der Waals surface area contributed by atoms with E-state index >= 15 is 0 Å². The average Bonchev–Trinajstić information content (AvgIpc) is 3.55. The van der Waals surface area contributed by atoms with Crippen LogP contribution in [0.4, 0.5) is 5.13 Å². The number of likely N-dealkylation sites (tertiary alicyclic amines) is 1. The number of rotatable bonds is 7. The van der Waals surface area contributed by atoms with Gasteiger partial charge in [0.15, 0.2) is 0 Å². The van der Waals surface area contributed by atoms with Crippen molar-refractivity contribution in [3.05, 3.63) is 52.3 Å². The molecule has 1 fully saturated rings. The van der Waals surface area contributed by atoms with E-state index in [2.05, 4.69) is 55.2 Å². The second-order valence-electron chi connectivity index (χ2n) is 8.06. The molecule has 2 aliphatic rings. The van der Waals surface area contributed by atoms with Crippen molar-refractivity contribution in [2.75, 3.05) is 25.0 Å². The van der Waals surface area contributed by atoms with E-state index in [1.165, 1.54) is 22.5 Å². The zero-order valence-electron chi connectivity index (χ0n) is 17.2. The van der Waals surface area contributed by atoms with Gasteiger partial charge in [0.05, 0.1) is 11.9 Å². The van der Waals surface area contributed by atoms with Gasteiger partial charge in [-0.15, -0.1) is 10.2 Å². The topological polar surface area (TPSA) is 109 Å². The molecule has 1 amide bonds. The summed E-state index contributed by atoms with van der Waals surface area (Å²) in [6.45, 7) is 1.80. The summed E-state index contributed by atoms with van der Waals surface area (Å²) < 4.78 is 5.63. The van der Waals surface area contributed by atoms with Crippen LogP contribution in [0.1, 0.15) is 40.6 Å². The summed E-state index contributed by atoms with van der Waals surface area (Å²) in [5, 5.41) is 24.2. The minimum Gasteiger partial charge on any atom is -0.364 e. The molecule has 1 aliphatic carbocycles. The van der Waals surface area contributed by atoms with Crippen molar-refractivity contribution in [3.63, 3.8) is 0 Å². The summed E-state index contributed by atoms with van der Waals surface area (Å²) in [5.41, 5.74) is 3.78. The van der Waals surface area contributed by atoms with Gasteiger partial charge in [-0.25, -0.2) is 0 Å². The third-order valence-electron chi connectivity index (χ3n) is 6.00. The number of ether oxygens (including phenoxy) is 1. The van der Waals surface area contributed by atoms with Gasteiger partial charge in [0.25, 0.3) is 0 Å². The lowest BCUT2D eigenvalue weighted by Gasteiger charge is -2.31. The molecule has 0 saturated carbocycles. The van der Waals surface area contributed by atoms with Crippen LogP contribution < -0.4 is 5.32 Å². The molecule has 10 heteroatoms. The molecule has 2 aromatic heterocycles. The lowest BCUT2D eigenvalue weighted by molar-refractivity contribution is -0.137. The van der Waals surface area contributed by atoms with E-state index in [1.54, 1.807) is 6.20 Å². The van der Waals surface area contributed by atoms with Crippen molar-refractivity contribution in [1.29, 1.82) is 0 Å². The van der Waals surface area contributed by atoms with Crippen LogP contribution in [0.5, 0.6) is 0 Å². The van der Waals surface area contributed by atoms with Crippen molar-refractivity contribution < 1.29 is 9.53 Å². The molecule has 9 nitrogen and oxygen atoms in total. The minimum atomic E-state index is 0.0187. The minimum absolute atomic E-state index is 0.0187. The van der Waals surface area contributed by atoms with Crippen LogP contribution >= 0.6 is 11.3 Å². The first-order valence-corrected chi connectivity index (χ1v) is 11.4. The van der Waals surface area contributed by atoms with E-state index in [1.807, 2.05) is 4.90 Å². The highest BCUT2D eigenvalue weighted by Crippen LogP contribution is 2.27. The molecule has 0 spiro atoms. The Morgan fingerprint density at radius 3 is 2.68 bits per heavy atom. The fourth-order valence-electron chi connectivity index (χ4n) is 4.35. The Hall–Kier alpha value is -2.85. The van der Waals surface area contributed by atoms with Gasteiger partial charge in [-0.3, -0.25) is 4.79 Å². The van der Waals surface area contributed by atoms with E-state index in [4.69, 9.17) is 4.74 Å². The number of benzene rings is 1. The quantitative estimate of drug-likeness (QED) is 0.581. The lowest BCUT2D eigenvalue weighted by atomic mass is 9.94. The van der Waals surface area contributed by atoms with E-state index in [0.29, 0.717) is 18.6 Å². The van der Waals surface area contributed by atoms with Gasteiger partial charge in [0.2, 0.25) is 11.0 Å². The highest BCUT2D eigenvalue weighted by molar-refractivity contribution is 7.15. The maximum absolute atomic E-state index is 12.4. The monoisotopic (exact) mass is 439 g/mol. The molecule has 0 unspecified atom stereocenters. The first kappa shape index (κ1) is 20.1. The number of anilines is 1. The second kappa shape index (κ2) is 9.11. The SMILES string of the molecule is O=C(COCc1nnc(NC2Cc3ccccc3C2)s1)N1CCC(c2cn[nH]n2)CC1. The molecule has 1 saturated heterocycles. The van der Waals surface area contributed by atoms with Gasteiger partial charge < -0.3 is 15.0 Å². The van der Waals surface area contributed by atoms with E-state index in [0.717, 1.165) is 54.6 Å². The Balaban J connectivity index is 1.03. The van der Waals surface area contributed by atoms with Crippen LogP contribution in [0.15, 0.2) is 30.5 Å². The standard InChI is InChI=1S/C21H25N7O2S/c29-20(28-7-5-14(6-8-28)18-11-22-27-24-18)13-30-12-19-25-26-21(31-19)23-17-9-15-3-1-2-4-16(15)10-17/h1-4,11,14,17H,5-10,12-13H2,(H,23,26)(H,22,24,27). The van der Waals surface area contributed by atoms with Gasteiger partial charge >= 0.3 is 0 Å². The molecule has 0 bridgehead atoms. The van der Waals surface area contributed by atoms with Crippen molar-refractivity contribution in [2.24, 2.45) is 0 Å². The maximum Gasteiger partial charge on any atom is 0.248 e. The average molecular weight is 440 g/mol. The normalized spacial score (nSPS) is 17.1. The van der Waals surface area contributed by atoms with Gasteiger partial charge in [-0.1, -0.05) is 35.6 Å². The van der Waals surface area contributed by atoms with Gasteiger partial charge in [-0.2, -0.15) is 15.4 Å². The number of H-pyrrole nitrogens is 1. The molecular weight excluding hydrogens is 414 g/mol. The summed E-state index contributed by atoms with van der Waals surface area (Å²) >= 11 is 1.49. The van der Waals surface area contributed by atoms with Crippen LogP contribution in [0.2, 0.25) is 0 Å². The van der Waals surface area contributed by atoms with Crippen LogP contribution in [0, 0.1) is 0 Å². The van der Waals surface area contributed by atoms with Gasteiger partial charge in [0, 0.05) is 25.0 Å². The number of hydrogen-bond donors (Lipinski definition) is 2. The molecule has 162 valence electrons. The summed E-state index contributed by atoms with van der Waals surface area (Å²) in [5.74, 6) is 0.383. The largest absolute Gasteiger partial charge is 0.364 e. The zero-order chi connectivity index (χ0) is 21.0. The molecule has 1 aromatic carbocycles. The molecule has 1 aliphatic heterocycles. The maximum atomic E-state index is 12.4. The van der Waals surface area contributed by atoms with Crippen LogP contribution in [-0.2, 0) is 29.0 Å². The predicted octanol–water partition coefficient (Wildman–Crippen LogP) is 2.16. The number of amides is 1. The van der Waals surface area contributed by atoms with Crippen LogP contribution in [0.3, 0.4) is 0 Å². The Morgan fingerprint density at radius 2 is 1.97 bits per heavy atom. The van der Waals surface area contributed by atoms with Crippen molar-refractivity contribution in [1.82, 2.24) is 30.5 Å². The number of piperidine rings is 1. The molecular formula is C21H25N7O2S. The zero-order valence-corrected chi connectivity index (χ0v) is 18.0. The lowest BCUT2D eigenvalue weighted by Crippen LogP contribution is -2.40. The Morgan fingerprint density at radius 1 is 1.19 bits per heavy atom. The van der Waals surface area contributed by atoms with Gasteiger partial charge in [-0.05, 0) is 36.8 Å². The highest BCUT2D eigenvalue weighted by Gasteiger charge is 2.25. The Bertz CT molecular complexity index is 989. The van der Waals surface area contributed by atoms with Crippen LogP contribution in [0.25, 0.3) is 0 Å².